The normalized spacial score (nSPS) is 11.2. The van der Waals surface area contributed by atoms with Gasteiger partial charge in [-0.05, 0) is 30.2 Å². The van der Waals surface area contributed by atoms with Crippen molar-refractivity contribution < 1.29 is 13.5 Å². The highest BCUT2D eigenvalue weighted by Crippen LogP contribution is 2.26. The number of rotatable bonds is 5. The molecule has 2 aromatic rings. The van der Waals surface area contributed by atoms with Crippen molar-refractivity contribution in [2.75, 3.05) is 10.5 Å². The number of anilines is 1. The van der Waals surface area contributed by atoms with Crippen molar-refractivity contribution in [3.63, 3.8) is 0 Å². The van der Waals surface area contributed by atoms with Crippen molar-refractivity contribution in [2.24, 2.45) is 0 Å². The number of phenols is 1. The highest BCUT2D eigenvalue weighted by Gasteiger charge is 2.11. The summed E-state index contributed by atoms with van der Waals surface area (Å²) in [6.45, 7) is 0. The van der Waals surface area contributed by atoms with E-state index < -0.39 is 10.0 Å². The summed E-state index contributed by atoms with van der Waals surface area (Å²) in [4.78, 5) is 0. The van der Waals surface area contributed by atoms with Crippen LogP contribution in [0.5, 0.6) is 5.75 Å². The Balaban J connectivity index is 2.02. The minimum absolute atomic E-state index is 0.0183. The fourth-order valence-electron chi connectivity index (χ4n) is 1.70. The van der Waals surface area contributed by atoms with Crippen molar-refractivity contribution >= 4 is 27.3 Å². The maximum absolute atomic E-state index is 12.0. The Morgan fingerprint density at radius 3 is 2.45 bits per heavy atom. The van der Waals surface area contributed by atoms with Crippen LogP contribution in [-0.4, -0.2) is 19.3 Å². The predicted octanol–water partition coefficient (Wildman–Crippen LogP) is 3.03. The molecule has 0 heterocycles. The van der Waals surface area contributed by atoms with E-state index in [-0.39, 0.29) is 16.5 Å². The smallest absolute Gasteiger partial charge is 0.233 e. The monoisotopic (exact) mass is 311 g/mol. The molecule has 0 aliphatic carbocycles. The lowest BCUT2D eigenvalue weighted by molar-refractivity contribution is 0.475. The third kappa shape index (κ3) is 4.15. The molecule has 0 saturated carbocycles. The number of phenolic OH excluding ortho intramolecular Hbond substituents is 1. The van der Waals surface area contributed by atoms with Gasteiger partial charge in [0, 0.05) is 0 Å². The summed E-state index contributed by atoms with van der Waals surface area (Å²) >= 11 is 5.73. The summed E-state index contributed by atoms with van der Waals surface area (Å²) in [7, 11) is -3.45. The van der Waals surface area contributed by atoms with Crippen LogP contribution in [-0.2, 0) is 16.4 Å². The first kappa shape index (κ1) is 14.7. The Morgan fingerprint density at radius 2 is 1.80 bits per heavy atom. The van der Waals surface area contributed by atoms with Crippen molar-refractivity contribution in [2.45, 2.75) is 6.42 Å². The number of halogens is 1. The van der Waals surface area contributed by atoms with Crippen LogP contribution in [0.15, 0.2) is 48.5 Å². The zero-order chi connectivity index (χ0) is 14.6. The predicted molar refractivity (Wildman–Crippen MR) is 80.7 cm³/mol. The number of hydrogen-bond acceptors (Lipinski definition) is 3. The largest absolute Gasteiger partial charge is 0.506 e. The van der Waals surface area contributed by atoms with Crippen molar-refractivity contribution in [1.82, 2.24) is 0 Å². The Kier molecular flexibility index (Phi) is 4.52. The summed E-state index contributed by atoms with van der Waals surface area (Å²) in [5, 5.41) is 9.39. The minimum atomic E-state index is -3.45. The van der Waals surface area contributed by atoms with Gasteiger partial charge in [0.05, 0.1) is 16.5 Å². The molecule has 20 heavy (non-hydrogen) atoms. The average Bonchev–Trinajstić information content (AvgIpc) is 2.42. The van der Waals surface area contributed by atoms with E-state index in [0.717, 1.165) is 5.56 Å². The van der Waals surface area contributed by atoms with Crippen molar-refractivity contribution in [3.05, 3.63) is 59.1 Å². The van der Waals surface area contributed by atoms with Crippen LogP contribution >= 0.6 is 11.6 Å². The second-order valence-electron chi connectivity index (χ2n) is 4.32. The van der Waals surface area contributed by atoms with Gasteiger partial charge in [-0.1, -0.05) is 41.9 Å². The summed E-state index contributed by atoms with van der Waals surface area (Å²) in [6, 6.07) is 13.6. The van der Waals surface area contributed by atoms with Crippen LogP contribution < -0.4 is 4.72 Å². The van der Waals surface area contributed by atoms with Gasteiger partial charge in [0.1, 0.15) is 5.75 Å². The molecule has 2 N–H and O–H groups in total. The molecule has 6 heteroatoms. The lowest BCUT2D eigenvalue weighted by Gasteiger charge is -2.09. The number of sulfonamides is 1. The third-order valence-corrected chi connectivity index (χ3v) is 4.31. The molecule has 0 amide bonds. The van der Waals surface area contributed by atoms with Gasteiger partial charge in [-0.25, -0.2) is 8.42 Å². The van der Waals surface area contributed by atoms with E-state index in [4.69, 9.17) is 11.6 Å². The van der Waals surface area contributed by atoms with Crippen LogP contribution in [0.3, 0.4) is 0 Å². The molecule has 0 aliphatic rings. The Morgan fingerprint density at radius 1 is 1.10 bits per heavy atom. The number of aryl methyl sites for hydroxylation is 1. The van der Waals surface area contributed by atoms with E-state index in [1.54, 1.807) is 0 Å². The standard InChI is InChI=1S/C14H14ClNO3S/c15-13-10-12(6-7-14(13)17)16-20(18,19)9-8-11-4-2-1-3-5-11/h1-7,10,16-17H,8-9H2. The highest BCUT2D eigenvalue weighted by molar-refractivity contribution is 7.92. The van der Waals surface area contributed by atoms with Gasteiger partial charge in [-0.2, -0.15) is 0 Å². The quantitative estimate of drug-likeness (QED) is 0.834. The molecular formula is C14H14ClNO3S. The first-order chi connectivity index (χ1) is 9.46. The minimum Gasteiger partial charge on any atom is -0.506 e. The number of nitrogens with one attached hydrogen (secondary N) is 1. The molecule has 0 unspecified atom stereocenters. The van der Waals surface area contributed by atoms with Crippen LogP contribution in [0.1, 0.15) is 5.56 Å². The van der Waals surface area contributed by atoms with Gasteiger partial charge in [-0.15, -0.1) is 0 Å². The molecule has 0 saturated heterocycles. The lowest BCUT2D eigenvalue weighted by atomic mass is 10.2. The maximum atomic E-state index is 12.0. The fraction of sp³-hybridized carbons (Fsp3) is 0.143. The first-order valence-electron chi connectivity index (χ1n) is 5.99. The molecule has 2 aromatic carbocycles. The van der Waals surface area contributed by atoms with E-state index in [2.05, 4.69) is 4.72 Å². The Bertz CT molecular complexity index is 687. The summed E-state index contributed by atoms with van der Waals surface area (Å²) in [5.41, 5.74) is 1.29. The molecule has 4 nitrogen and oxygen atoms in total. The fourth-order valence-corrected chi connectivity index (χ4v) is 2.97. The summed E-state index contributed by atoms with van der Waals surface area (Å²) in [6.07, 6.45) is 0.433. The average molecular weight is 312 g/mol. The highest BCUT2D eigenvalue weighted by atomic mass is 35.5. The zero-order valence-corrected chi connectivity index (χ0v) is 12.2. The third-order valence-electron chi connectivity index (χ3n) is 2.72. The number of benzene rings is 2. The van der Waals surface area contributed by atoms with Gasteiger partial charge in [0.2, 0.25) is 10.0 Å². The molecule has 0 fully saturated rings. The number of aromatic hydroxyl groups is 1. The molecule has 106 valence electrons. The Labute approximate surface area is 123 Å². The Hall–Kier alpha value is -1.72. The van der Waals surface area contributed by atoms with E-state index in [0.29, 0.717) is 12.1 Å². The molecule has 0 spiro atoms. The molecule has 0 aromatic heterocycles. The van der Waals surface area contributed by atoms with Gasteiger partial charge in [-0.3, -0.25) is 4.72 Å². The molecule has 0 bridgehead atoms. The molecule has 0 radical (unpaired) electrons. The van der Waals surface area contributed by atoms with Gasteiger partial charge in [0.25, 0.3) is 0 Å². The second kappa shape index (κ2) is 6.15. The van der Waals surface area contributed by atoms with Crippen molar-refractivity contribution in [3.8, 4) is 5.75 Å². The maximum Gasteiger partial charge on any atom is 0.233 e. The second-order valence-corrected chi connectivity index (χ2v) is 6.57. The van der Waals surface area contributed by atoms with E-state index in [1.807, 2.05) is 30.3 Å². The number of hydrogen-bond donors (Lipinski definition) is 2. The summed E-state index contributed by atoms with van der Waals surface area (Å²) < 4.78 is 26.3. The van der Waals surface area contributed by atoms with Gasteiger partial charge >= 0.3 is 0 Å². The van der Waals surface area contributed by atoms with Gasteiger partial charge in [0.15, 0.2) is 0 Å². The van der Waals surface area contributed by atoms with Crippen LogP contribution in [0.4, 0.5) is 5.69 Å². The molecular weight excluding hydrogens is 298 g/mol. The van der Waals surface area contributed by atoms with Crippen LogP contribution in [0.2, 0.25) is 5.02 Å². The van der Waals surface area contributed by atoms with Crippen LogP contribution in [0.25, 0.3) is 0 Å². The first-order valence-corrected chi connectivity index (χ1v) is 8.02. The lowest BCUT2D eigenvalue weighted by Crippen LogP contribution is -2.18. The molecule has 2 rings (SSSR count). The van der Waals surface area contributed by atoms with Gasteiger partial charge < -0.3 is 5.11 Å². The van der Waals surface area contributed by atoms with Crippen molar-refractivity contribution in [1.29, 1.82) is 0 Å². The molecule has 0 aliphatic heterocycles. The van der Waals surface area contributed by atoms with E-state index >= 15 is 0 Å². The topological polar surface area (TPSA) is 66.4 Å². The summed E-state index contributed by atoms with van der Waals surface area (Å²) in [5.74, 6) is -0.103. The zero-order valence-electron chi connectivity index (χ0n) is 10.6. The molecule has 0 atom stereocenters. The van der Waals surface area contributed by atoms with E-state index in [1.165, 1.54) is 18.2 Å². The SMILES string of the molecule is O=S(=O)(CCc1ccccc1)Nc1ccc(O)c(Cl)c1. The van der Waals surface area contributed by atoms with Crippen LogP contribution in [0, 0.1) is 0 Å². The van der Waals surface area contributed by atoms with E-state index in [9.17, 15) is 13.5 Å².